The van der Waals surface area contributed by atoms with Gasteiger partial charge in [0.1, 0.15) is 5.75 Å². The standard InChI is InChI=1S/C18H21BrN2O4S/c1-12-6-5-7-13(2)18(12)20-17(22)11-21(3)26(23,24)14-8-9-16(25-4)15(19)10-14/h5-10H,11H2,1-4H3,(H,20,22). The van der Waals surface area contributed by atoms with Crippen molar-refractivity contribution < 1.29 is 17.9 Å². The molecule has 0 spiro atoms. The first kappa shape index (κ1) is 20.4. The first-order valence-electron chi connectivity index (χ1n) is 7.82. The van der Waals surface area contributed by atoms with E-state index < -0.39 is 15.9 Å². The molecule has 0 saturated carbocycles. The molecule has 0 aliphatic carbocycles. The van der Waals surface area contributed by atoms with E-state index in [2.05, 4.69) is 21.2 Å². The van der Waals surface area contributed by atoms with Gasteiger partial charge in [-0.3, -0.25) is 4.79 Å². The molecule has 1 amide bonds. The highest BCUT2D eigenvalue weighted by Gasteiger charge is 2.24. The molecule has 0 heterocycles. The van der Waals surface area contributed by atoms with E-state index in [9.17, 15) is 13.2 Å². The van der Waals surface area contributed by atoms with Crippen molar-refractivity contribution in [3.8, 4) is 5.75 Å². The van der Waals surface area contributed by atoms with E-state index in [-0.39, 0.29) is 11.4 Å². The molecule has 140 valence electrons. The average molecular weight is 441 g/mol. The van der Waals surface area contributed by atoms with Gasteiger partial charge in [0.2, 0.25) is 15.9 Å². The number of anilines is 1. The first-order chi connectivity index (χ1) is 12.2. The highest BCUT2D eigenvalue weighted by Crippen LogP contribution is 2.28. The predicted octanol–water partition coefficient (Wildman–Crippen LogP) is 3.33. The number of benzene rings is 2. The zero-order valence-corrected chi connectivity index (χ0v) is 17.4. The van der Waals surface area contributed by atoms with Gasteiger partial charge >= 0.3 is 0 Å². The second kappa shape index (κ2) is 8.20. The van der Waals surface area contributed by atoms with Gasteiger partial charge in [-0.05, 0) is 59.1 Å². The number of nitrogens with zero attached hydrogens (tertiary/aromatic N) is 1. The fourth-order valence-electron chi connectivity index (χ4n) is 2.47. The maximum absolute atomic E-state index is 12.7. The fourth-order valence-corrected chi connectivity index (χ4v) is 4.31. The summed E-state index contributed by atoms with van der Waals surface area (Å²) in [5, 5.41) is 2.79. The van der Waals surface area contributed by atoms with Crippen molar-refractivity contribution in [2.24, 2.45) is 0 Å². The minimum absolute atomic E-state index is 0.0764. The van der Waals surface area contributed by atoms with Crippen molar-refractivity contribution in [3.63, 3.8) is 0 Å². The van der Waals surface area contributed by atoms with Crippen LogP contribution in [0.5, 0.6) is 5.75 Å². The van der Waals surface area contributed by atoms with E-state index in [1.807, 2.05) is 32.0 Å². The molecule has 0 aliphatic rings. The third-order valence-corrected chi connectivity index (χ3v) is 6.36. The Balaban J connectivity index is 2.16. The Morgan fingerprint density at radius 1 is 1.19 bits per heavy atom. The number of amides is 1. The Kier molecular flexibility index (Phi) is 6.44. The van der Waals surface area contributed by atoms with E-state index in [1.165, 1.54) is 26.3 Å². The van der Waals surface area contributed by atoms with E-state index in [0.29, 0.717) is 15.9 Å². The summed E-state index contributed by atoms with van der Waals surface area (Å²) < 4.78 is 32.0. The molecule has 2 rings (SSSR count). The predicted molar refractivity (Wildman–Crippen MR) is 105 cm³/mol. The van der Waals surface area contributed by atoms with Crippen LogP contribution in [-0.4, -0.2) is 39.3 Å². The Morgan fingerprint density at radius 3 is 2.35 bits per heavy atom. The second-order valence-electron chi connectivity index (χ2n) is 5.87. The van der Waals surface area contributed by atoms with E-state index >= 15 is 0 Å². The number of hydrogen-bond acceptors (Lipinski definition) is 4. The largest absolute Gasteiger partial charge is 0.496 e. The quantitative estimate of drug-likeness (QED) is 0.746. The zero-order valence-electron chi connectivity index (χ0n) is 15.0. The summed E-state index contributed by atoms with van der Waals surface area (Å²) in [7, 11) is -0.936. The Bertz CT molecular complexity index is 909. The molecule has 0 aliphatic heterocycles. The number of para-hydroxylation sites is 1. The minimum atomic E-state index is -3.81. The molecule has 2 aromatic rings. The number of carbonyl (C=O) groups excluding carboxylic acids is 1. The molecular formula is C18H21BrN2O4S. The van der Waals surface area contributed by atoms with Crippen LogP contribution in [0.4, 0.5) is 5.69 Å². The number of rotatable bonds is 6. The monoisotopic (exact) mass is 440 g/mol. The van der Waals surface area contributed by atoms with Crippen LogP contribution in [0.1, 0.15) is 11.1 Å². The fraction of sp³-hybridized carbons (Fsp3) is 0.278. The lowest BCUT2D eigenvalue weighted by Gasteiger charge is -2.18. The van der Waals surface area contributed by atoms with Gasteiger partial charge in [-0.1, -0.05) is 18.2 Å². The van der Waals surface area contributed by atoms with Gasteiger partial charge in [0.25, 0.3) is 0 Å². The lowest BCUT2D eigenvalue weighted by molar-refractivity contribution is -0.116. The Morgan fingerprint density at radius 2 is 1.81 bits per heavy atom. The molecule has 0 bridgehead atoms. The molecule has 8 heteroatoms. The molecule has 26 heavy (non-hydrogen) atoms. The van der Waals surface area contributed by atoms with Crippen LogP contribution in [0.15, 0.2) is 45.8 Å². The molecular weight excluding hydrogens is 420 g/mol. The summed E-state index contributed by atoms with van der Waals surface area (Å²) in [6.45, 7) is 3.48. The summed E-state index contributed by atoms with van der Waals surface area (Å²) in [6.07, 6.45) is 0. The summed E-state index contributed by atoms with van der Waals surface area (Å²) in [5.41, 5.74) is 2.54. The summed E-state index contributed by atoms with van der Waals surface area (Å²) in [6, 6.07) is 10.1. The number of likely N-dealkylation sites (N-methyl/N-ethyl adjacent to an activating group) is 1. The first-order valence-corrected chi connectivity index (χ1v) is 10.1. The lowest BCUT2D eigenvalue weighted by Crippen LogP contribution is -2.35. The van der Waals surface area contributed by atoms with Gasteiger partial charge in [0, 0.05) is 12.7 Å². The SMILES string of the molecule is COc1ccc(S(=O)(=O)N(C)CC(=O)Nc2c(C)cccc2C)cc1Br. The molecule has 0 unspecified atom stereocenters. The molecule has 0 fully saturated rings. The molecule has 0 radical (unpaired) electrons. The Hall–Kier alpha value is -1.90. The van der Waals surface area contributed by atoms with E-state index in [1.54, 1.807) is 6.07 Å². The number of methoxy groups -OCH3 is 1. The molecule has 6 nitrogen and oxygen atoms in total. The van der Waals surface area contributed by atoms with Crippen molar-refractivity contribution in [2.45, 2.75) is 18.7 Å². The average Bonchev–Trinajstić information content (AvgIpc) is 2.58. The van der Waals surface area contributed by atoms with Gasteiger partial charge in [-0.2, -0.15) is 4.31 Å². The van der Waals surface area contributed by atoms with Gasteiger partial charge in [0.15, 0.2) is 0 Å². The number of ether oxygens (including phenoxy) is 1. The summed E-state index contributed by atoms with van der Waals surface area (Å²) in [4.78, 5) is 12.4. The molecule has 2 aromatic carbocycles. The van der Waals surface area contributed by atoms with Crippen molar-refractivity contribution in [1.29, 1.82) is 0 Å². The number of carbonyl (C=O) groups is 1. The van der Waals surface area contributed by atoms with Crippen molar-refractivity contribution >= 4 is 37.5 Å². The van der Waals surface area contributed by atoms with Crippen molar-refractivity contribution in [3.05, 3.63) is 52.0 Å². The summed E-state index contributed by atoms with van der Waals surface area (Å²) >= 11 is 3.27. The van der Waals surface area contributed by atoms with Crippen LogP contribution in [0, 0.1) is 13.8 Å². The zero-order chi connectivity index (χ0) is 19.5. The number of sulfonamides is 1. The molecule has 0 saturated heterocycles. The van der Waals surface area contributed by atoms with E-state index in [0.717, 1.165) is 15.4 Å². The second-order valence-corrected chi connectivity index (χ2v) is 8.77. The van der Waals surface area contributed by atoms with Crippen molar-refractivity contribution in [2.75, 3.05) is 26.0 Å². The van der Waals surface area contributed by atoms with Gasteiger partial charge in [0.05, 0.1) is 23.0 Å². The lowest BCUT2D eigenvalue weighted by atomic mass is 10.1. The van der Waals surface area contributed by atoms with Gasteiger partial charge < -0.3 is 10.1 Å². The molecule has 1 N–H and O–H groups in total. The minimum Gasteiger partial charge on any atom is -0.496 e. The number of halogens is 1. The summed E-state index contributed by atoms with van der Waals surface area (Å²) in [5.74, 6) is 0.125. The van der Waals surface area contributed by atoms with Gasteiger partial charge in [-0.15, -0.1) is 0 Å². The number of hydrogen-bond donors (Lipinski definition) is 1. The van der Waals surface area contributed by atoms with Gasteiger partial charge in [-0.25, -0.2) is 8.42 Å². The normalized spacial score (nSPS) is 11.5. The molecule has 0 atom stereocenters. The smallest absolute Gasteiger partial charge is 0.243 e. The topological polar surface area (TPSA) is 75.7 Å². The maximum Gasteiger partial charge on any atom is 0.243 e. The van der Waals surface area contributed by atoms with E-state index in [4.69, 9.17) is 4.74 Å². The number of aryl methyl sites for hydroxylation is 2. The van der Waals surface area contributed by atoms with Crippen LogP contribution in [0.2, 0.25) is 0 Å². The van der Waals surface area contributed by atoms with Crippen LogP contribution in [-0.2, 0) is 14.8 Å². The van der Waals surface area contributed by atoms with Crippen LogP contribution < -0.4 is 10.1 Å². The maximum atomic E-state index is 12.7. The third kappa shape index (κ3) is 4.44. The highest BCUT2D eigenvalue weighted by atomic mass is 79.9. The van der Waals surface area contributed by atoms with Crippen LogP contribution in [0.25, 0.3) is 0 Å². The van der Waals surface area contributed by atoms with Crippen LogP contribution in [0.3, 0.4) is 0 Å². The van der Waals surface area contributed by atoms with Crippen molar-refractivity contribution in [1.82, 2.24) is 4.31 Å². The molecule has 0 aromatic heterocycles. The van der Waals surface area contributed by atoms with Crippen LogP contribution >= 0.6 is 15.9 Å². The third-order valence-electron chi connectivity index (χ3n) is 3.94. The Labute approximate surface area is 162 Å². The highest BCUT2D eigenvalue weighted by molar-refractivity contribution is 9.10. The number of nitrogens with one attached hydrogen (secondary N) is 1.